The van der Waals surface area contributed by atoms with E-state index in [2.05, 4.69) is 24.4 Å². The molecular weight excluding hydrogens is 420 g/mol. The minimum atomic E-state index is -0.618. The van der Waals surface area contributed by atoms with Crippen LogP contribution in [0.4, 0.5) is 0 Å². The van der Waals surface area contributed by atoms with Gasteiger partial charge in [0.1, 0.15) is 11.8 Å². The number of hydrogen-bond acceptors (Lipinski definition) is 5. The average Bonchev–Trinajstić information content (AvgIpc) is 3.32. The number of rotatable bonds is 7. The average molecular weight is 449 g/mol. The third-order valence-electron chi connectivity index (χ3n) is 6.98. The molecule has 0 radical (unpaired) electrons. The smallest absolute Gasteiger partial charge is 0.255 e. The van der Waals surface area contributed by atoms with Gasteiger partial charge in [0, 0.05) is 35.1 Å². The molecule has 0 saturated carbocycles. The van der Waals surface area contributed by atoms with Gasteiger partial charge in [0.2, 0.25) is 11.8 Å². The number of nitrogens with zero attached hydrogens (tertiary/aromatic N) is 1. The first-order valence-electron chi connectivity index (χ1n) is 11.5. The molecule has 0 spiro atoms. The van der Waals surface area contributed by atoms with Crippen LogP contribution in [0.2, 0.25) is 0 Å². The minimum Gasteiger partial charge on any atom is -0.492 e. The summed E-state index contributed by atoms with van der Waals surface area (Å²) in [5.41, 5.74) is 3.58. The lowest BCUT2D eigenvalue weighted by atomic mass is 9.79. The Morgan fingerprint density at radius 1 is 1.15 bits per heavy atom. The van der Waals surface area contributed by atoms with Gasteiger partial charge in [-0.3, -0.25) is 19.7 Å². The SMILES string of the molecule is CC1(CCCOCc2ccccc2)COc2c1ccc1c2CN(C2CCC(=O)NC2=O)C1=O. The third kappa shape index (κ3) is 4.02. The van der Waals surface area contributed by atoms with Gasteiger partial charge in [-0.05, 0) is 30.9 Å². The molecule has 2 aromatic rings. The molecule has 3 aliphatic heterocycles. The maximum absolute atomic E-state index is 13.0. The van der Waals surface area contributed by atoms with Crippen molar-refractivity contribution in [2.24, 2.45) is 0 Å². The molecule has 3 aliphatic rings. The summed E-state index contributed by atoms with van der Waals surface area (Å²) < 4.78 is 12.0. The standard InChI is InChI=1S/C26H28N2O5/c1-26(12-5-13-32-15-17-6-3-2-4-7-17)16-33-23-19-14-28(21-10-11-22(29)27-24(21)30)25(31)18(19)8-9-20(23)26/h2-4,6-9,21H,5,10-16H2,1H3,(H,27,29,30). The summed E-state index contributed by atoms with van der Waals surface area (Å²) in [6, 6.07) is 13.4. The lowest BCUT2D eigenvalue weighted by Crippen LogP contribution is -2.52. The van der Waals surface area contributed by atoms with E-state index in [1.165, 1.54) is 5.56 Å². The number of nitrogens with one attached hydrogen (secondary N) is 1. The normalized spacial score (nSPS) is 23.8. The molecule has 7 nitrogen and oxygen atoms in total. The van der Waals surface area contributed by atoms with E-state index in [1.54, 1.807) is 4.90 Å². The number of ether oxygens (including phenoxy) is 2. The number of fused-ring (bicyclic) bond motifs is 3. The first-order valence-corrected chi connectivity index (χ1v) is 11.5. The highest BCUT2D eigenvalue weighted by Crippen LogP contribution is 2.47. The molecule has 3 heterocycles. The van der Waals surface area contributed by atoms with Crippen molar-refractivity contribution in [1.82, 2.24) is 10.2 Å². The molecule has 3 amide bonds. The molecule has 2 aromatic carbocycles. The van der Waals surface area contributed by atoms with Gasteiger partial charge >= 0.3 is 0 Å². The maximum atomic E-state index is 13.0. The second-order valence-electron chi connectivity index (χ2n) is 9.36. The molecule has 1 saturated heterocycles. The van der Waals surface area contributed by atoms with E-state index in [9.17, 15) is 14.4 Å². The summed E-state index contributed by atoms with van der Waals surface area (Å²) in [6.45, 7) is 4.37. The van der Waals surface area contributed by atoms with Crippen LogP contribution in [-0.4, -0.2) is 41.9 Å². The van der Waals surface area contributed by atoms with Crippen molar-refractivity contribution in [2.45, 2.75) is 57.2 Å². The number of piperidine rings is 1. The molecule has 5 rings (SSSR count). The number of carbonyl (C=O) groups excluding carboxylic acids is 3. The Balaban J connectivity index is 1.24. The second kappa shape index (κ2) is 8.63. The van der Waals surface area contributed by atoms with Crippen molar-refractivity contribution in [3.8, 4) is 5.75 Å². The topological polar surface area (TPSA) is 84.9 Å². The lowest BCUT2D eigenvalue weighted by Gasteiger charge is -2.29. The highest BCUT2D eigenvalue weighted by atomic mass is 16.5. The van der Waals surface area contributed by atoms with E-state index in [0.29, 0.717) is 38.3 Å². The van der Waals surface area contributed by atoms with Crippen LogP contribution in [0.1, 0.15) is 59.7 Å². The fourth-order valence-corrected chi connectivity index (χ4v) is 5.10. The number of imide groups is 1. The van der Waals surface area contributed by atoms with Crippen molar-refractivity contribution < 1.29 is 23.9 Å². The molecule has 0 aromatic heterocycles. The van der Waals surface area contributed by atoms with E-state index in [4.69, 9.17) is 9.47 Å². The first kappa shape index (κ1) is 21.6. The van der Waals surface area contributed by atoms with Crippen LogP contribution in [0, 0.1) is 0 Å². The Morgan fingerprint density at radius 2 is 1.97 bits per heavy atom. The van der Waals surface area contributed by atoms with Crippen LogP contribution in [0.15, 0.2) is 42.5 Å². The van der Waals surface area contributed by atoms with E-state index < -0.39 is 11.9 Å². The molecule has 1 N–H and O–H groups in total. The summed E-state index contributed by atoms with van der Waals surface area (Å²) in [4.78, 5) is 38.4. The second-order valence-corrected chi connectivity index (χ2v) is 9.36. The van der Waals surface area contributed by atoms with Gasteiger partial charge in [0.25, 0.3) is 5.91 Å². The van der Waals surface area contributed by atoms with Crippen molar-refractivity contribution in [2.75, 3.05) is 13.2 Å². The summed E-state index contributed by atoms with van der Waals surface area (Å²) in [6.07, 6.45) is 2.42. The van der Waals surface area contributed by atoms with Crippen LogP contribution in [0.3, 0.4) is 0 Å². The molecule has 1 fully saturated rings. The van der Waals surface area contributed by atoms with Gasteiger partial charge in [0.05, 0.1) is 19.8 Å². The zero-order chi connectivity index (χ0) is 23.0. The van der Waals surface area contributed by atoms with Gasteiger partial charge in [-0.2, -0.15) is 0 Å². The highest BCUT2D eigenvalue weighted by molar-refractivity contribution is 6.05. The molecule has 33 heavy (non-hydrogen) atoms. The molecule has 2 unspecified atom stereocenters. The summed E-state index contributed by atoms with van der Waals surface area (Å²) in [5.74, 6) is -0.0735. The van der Waals surface area contributed by atoms with Crippen LogP contribution in [0.25, 0.3) is 0 Å². The predicted octanol–water partition coefficient (Wildman–Crippen LogP) is 3.09. The number of benzene rings is 2. The Labute approximate surface area is 193 Å². The zero-order valence-electron chi connectivity index (χ0n) is 18.8. The van der Waals surface area contributed by atoms with Gasteiger partial charge in [-0.15, -0.1) is 0 Å². The summed E-state index contributed by atoms with van der Waals surface area (Å²) >= 11 is 0. The van der Waals surface area contributed by atoms with Crippen LogP contribution < -0.4 is 10.1 Å². The predicted molar refractivity (Wildman–Crippen MR) is 121 cm³/mol. The molecule has 0 aliphatic carbocycles. The third-order valence-corrected chi connectivity index (χ3v) is 6.98. The Bertz CT molecular complexity index is 1100. The zero-order valence-corrected chi connectivity index (χ0v) is 18.8. The first-order chi connectivity index (χ1) is 16.0. The summed E-state index contributed by atoms with van der Waals surface area (Å²) in [5, 5.41) is 2.35. The van der Waals surface area contributed by atoms with Gasteiger partial charge in [-0.1, -0.05) is 43.3 Å². The summed E-state index contributed by atoms with van der Waals surface area (Å²) in [7, 11) is 0. The molecule has 2 atom stereocenters. The fraction of sp³-hybridized carbons (Fsp3) is 0.423. The Morgan fingerprint density at radius 3 is 2.76 bits per heavy atom. The van der Waals surface area contributed by atoms with Gasteiger partial charge in [0.15, 0.2) is 0 Å². The number of hydrogen-bond donors (Lipinski definition) is 1. The molecule has 7 heteroatoms. The highest BCUT2D eigenvalue weighted by Gasteiger charge is 2.44. The maximum Gasteiger partial charge on any atom is 0.255 e. The van der Waals surface area contributed by atoms with Gasteiger partial charge in [-0.25, -0.2) is 0 Å². The van der Waals surface area contributed by atoms with Crippen LogP contribution in [0.5, 0.6) is 5.75 Å². The van der Waals surface area contributed by atoms with Crippen LogP contribution >= 0.6 is 0 Å². The van der Waals surface area contributed by atoms with Crippen molar-refractivity contribution in [3.05, 3.63) is 64.7 Å². The fourth-order valence-electron chi connectivity index (χ4n) is 5.10. The Kier molecular flexibility index (Phi) is 5.66. The quantitative estimate of drug-likeness (QED) is 0.520. The number of amides is 3. The number of carbonyl (C=O) groups is 3. The van der Waals surface area contributed by atoms with Gasteiger partial charge < -0.3 is 14.4 Å². The van der Waals surface area contributed by atoms with Crippen LogP contribution in [-0.2, 0) is 32.9 Å². The van der Waals surface area contributed by atoms with E-state index in [1.807, 2.05) is 30.3 Å². The molecule has 172 valence electrons. The van der Waals surface area contributed by atoms with Crippen molar-refractivity contribution in [3.63, 3.8) is 0 Å². The van der Waals surface area contributed by atoms with Crippen molar-refractivity contribution >= 4 is 17.7 Å². The Hall–Kier alpha value is -3.19. The van der Waals surface area contributed by atoms with E-state index >= 15 is 0 Å². The molecule has 0 bridgehead atoms. The van der Waals surface area contributed by atoms with E-state index in [0.717, 1.165) is 29.7 Å². The lowest BCUT2D eigenvalue weighted by molar-refractivity contribution is -0.136. The molecular formula is C26H28N2O5. The monoisotopic (exact) mass is 448 g/mol. The van der Waals surface area contributed by atoms with Crippen molar-refractivity contribution in [1.29, 1.82) is 0 Å². The minimum absolute atomic E-state index is 0.147. The van der Waals surface area contributed by atoms with E-state index in [-0.39, 0.29) is 23.7 Å². The largest absolute Gasteiger partial charge is 0.492 e.